The van der Waals surface area contributed by atoms with Crippen LogP contribution < -0.4 is 10.6 Å². The summed E-state index contributed by atoms with van der Waals surface area (Å²) < 4.78 is 7.22. The number of aryl methyl sites for hydroxylation is 1. The van der Waals surface area contributed by atoms with Crippen molar-refractivity contribution in [3.8, 4) is 0 Å². The molecule has 0 radical (unpaired) electrons. The Morgan fingerprint density at radius 3 is 2.83 bits per heavy atom. The highest BCUT2D eigenvalue weighted by molar-refractivity contribution is 5.89. The molecule has 2 amide bonds. The van der Waals surface area contributed by atoms with E-state index >= 15 is 0 Å². The van der Waals surface area contributed by atoms with Crippen molar-refractivity contribution in [2.45, 2.75) is 69.9 Å². The number of nitrogens with one attached hydrogen (secondary N) is 3. The van der Waals surface area contributed by atoms with Crippen molar-refractivity contribution in [1.29, 1.82) is 0 Å². The Balaban J connectivity index is 1.13. The molecular weight excluding hydrogens is 384 g/mol. The van der Waals surface area contributed by atoms with E-state index in [9.17, 15) is 9.59 Å². The predicted octanol–water partition coefficient (Wildman–Crippen LogP) is 3.19. The molecule has 0 aliphatic heterocycles. The van der Waals surface area contributed by atoms with Crippen molar-refractivity contribution in [2.75, 3.05) is 11.9 Å². The van der Waals surface area contributed by atoms with Gasteiger partial charge in [-0.3, -0.25) is 14.6 Å². The topological polar surface area (TPSA) is 114 Å². The number of H-pyrrole nitrogens is 1. The Labute approximate surface area is 175 Å². The number of amides is 2. The molecule has 9 heteroatoms. The first-order chi connectivity index (χ1) is 14.7. The summed E-state index contributed by atoms with van der Waals surface area (Å²) in [6.45, 7) is 1.25. The zero-order valence-electron chi connectivity index (χ0n) is 17.2. The monoisotopic (exact) mass is 414 g/mol. The fraction of sp³-hybridized carbons (Fsp3) is 0.619. The van der Waals surface area contributed by atoms with Crippen molar-refractivity contribution in [3.63, 3.8) is 0 Å². The van der Waals surface area contributed by atoms with Gasteiger partial charge < -0.3 is 15.4 Å². The van der Waals surface area contributed by atoms with Crippen molar-refractivity contribution in [1.82, 2.24) is 25.3 Å². The molecule has 0 bridgehead atoms. The Kier molecular flexibility index (Phi) is 6.66. The summed E-state index contributed by atoms with van der Waals surface area (Å²) in [5.41, 5.74) is 0.889. The van der Waals surface area contributed by atoms with Crippen LogP contribution in [0.1, 0.15) is 63.0 Å². The molecule has 0 atom stereocenters. The van der Waals surface area contributed by atoms with Crippen LogP contribution in [0.25, 0.3) is 0 Å². The molecule has 2 saturated carbocycles. The maximum absolute atomic E-state index is 12.1. The predicted molar refractivity (Wildman–Crippen MR) is 111 cm³/mol. The molecule has 162 valence electrons. The van der Waals surface area contributed by atoms with Crippen molar-refractivity contribution >= 4 is 17.8 Å². The molecule has 0 unspecified atom stereocenters. The minimum atomic E-state index is -0.309. The third-order valence-electron chi connectivity index (χ3n) is 6.05. The smallest absolute Gasteiger partial charge is 0.407 e. The number of hydrogen-bond acceptors (Lipinski definition) is 5. The Hall–Kier alpha value is -2.84. The van der Waals surface area contributed by atoms with E-state index in [0.29, 0.717) is 24.7 Å². The molecule has 2 heterocycles. The lowest BCUT2D eigenvalue weighted by atomic mass is 9.80. The van der Waals surface area contributed by atoms with Gasteiger partial charge in [-0.1, -0.05) is 19.3 Å². The summed E-state index contributed by atoms with van der Waals surface area (Å²) in [5, 5.41) is 17.0. The molecule has 4 rings (SSSR count). The maximum Gasteiger partial charge on any atom is 0.407 e. The van der Waals surface area contributed by atoms with Gasteiger partial charge in [-0.15, -0.1) is 0 Å². The number of aromatic nitrogens is 4. The van der Waals surface area contributed by atoms with E-state index in [0.717, 1.165) is 25.1 Å². The first-order valence-electron chi connectivity index (χ1n) is 10.9. The summed E-state index contributed by atoms with van der Waals surface area (Å²) in [6.07, 6.45) is 11.2. The van der Waals surface area contributed by atoms with Gasteiger partial charge in [-0.05, 0) is 37.7 Å². The third kappa shape index (κ3) is 5.61. The Morgan fingerprint density at radius 2 is 2.07 bits per heavy atom. The molecule has 0 aromatic carbocycles. The second kappa shape index (κ2) is 9.77. The highest BCUT2D eigenvalue weighted by atomic mass is 16.6. The molecule has 2 fully saturated rings. The summed E-state index contributed by atoms with van der Waals surface area (Å²) in [6, 6.07) is 3.69. The van der Waals surface area contributed by atoms with Gasteiger partial charge in [-0.25, -0.2) is 4.79 Å². The second-order valence-electron chi connectivity index (χ2n) is 8.35. The van der Waals surface area contributed by atoms with Gasteiger partial charge in [-0.2, -0.15) is 10.2 Å². The van der Waals surface area contributed by atoms with Gasteiger partial charge in [0.1, 0.15) is 11.9 Å². The Morgan fingerprint density at radius 1 is 1.23 bits per heavy atom. The zero-order valence-corrected chi connectivity index (χ0v) is 17.2. The molecule has 2 aromatic heterocycles. The summed E-state index contributed by atoms with van der Waals surface area (Å²) in [7, 11) is 0. The van der Waals surface area contributed by atoms with E-state index in [2.05, 4.69) is 25.9 Å². The van der Waals surface area contributed by atoms with E-state index < -0.39 is 0 Å². The Bertz CT molecular complexity index is 822. The first-order valence-corrected chi connectivity index (χ1v) is 10.9. The highest BCUT2D eigenvalue weighted by Crippen LogP contribution is 2.38. The highest BCUT2D eigenvalue weighted by Gasteiger charge is 2.35. The van der Waals surface area contributed by atoms with Crippen LogP contribution in [0.5, 0.6) is 0 Å². The van der Waals surface area contributed by atoms with Gasteiger partial charge in [0.15, 0.2) is 0 Å². The molecular formula is C21H30N6O3. The number of ether oxygens (including phenoxy) is 1. The number of alkyl carbamates (subject to hydrolysis) is 1. The standard InChI is InChI=1S/C21H30N6O3/c28-20(7-10-27-9-4-8-23-27)24-19-13-18(25-26-19)16-11-17(12-16)30-21(29)22-14-15-5-2-1-3-6-15/h4,8-9,13,15-17H,1-3,5-7,10-12,14H2,(H,22,29)(H2,24,25,26,28). The van der Waals surface area contributed by atoms with E-state index in [1.807, 2.05) is 18.3 Å². The number of nitrogens with zero attached hydrogens (tertiary/aromatic N) is 3. The molecule has 2 aliphatic rings. The van der Waals surface area contributed by atoms with E-state index in [-0.39, 0.29) is 24.0 Å². The van der Waals surface area contributed by atoms with Crippen LogP contribution in [0.15, 0.2) is 24.5 Å². The molecule has 2 aromatic rings. The largest absolute Gasteiger partial charge is 0.446 e. The van der Waals surface area contributed by atoms with Gasteiger partial charge in [0.25, 0.3) is 0 Å². The number of carbonyl (C=O) groups is 2. The summed E-state index contributed by atoms with van der Waals surface area (Å²) >= 11 is 0. The van der Waals surface area contributed by atoms with E-state index in [1.54, 1.807) is 10.9 Å². The molecule has 0 spiro atoms. The molecule has 9 nitrogen and oxygen atoms in total. The quantitative estimate of drug-likeness (QED) is 0.614. The number of anilines is 1. The first kappa shape index (κ1) is 20.4. The fourth-order valence-electron chi connectivity index (χ4n) is 4.19. The normalized spacial score (nSPS) is 21.6. The van der Waals surface area contributed by atoms with Crippen LogP contribution in [-0.4, -0.2) is 44.6 Å². The van der Waals surface area contributed by atoms with Crippen molar-refractivity contribution in [2.24, 2.45) is 5.92 Å². The van der Waals surface area contributed by atoms with Crippen molar-refractivity contribution < 1.29 is 14.3 Å². The zero-order chi connectivity index (χ0) is 20.8. The minimum Gasteiger partial charge on any atom is -0.446 e. The molecule has 3 N–H and O–H groups in total. The van der Waals surface area contributed by atoms with Crippen LogP contribution in [0, 0.1) is 5.92 Å². The number of rotatable bonds is 8. The van der Waals surface area contributed by atoms with Gasteiger partial charge in [0.05, 0.1) is 5.69 Å². The average Bonchev–Trinajstić information content (AvgIpc) is 3.40. The lowest BCUT2D eigenvalue weighted by molar-refractivity contribution is -0.116. The number of hydrogen-bond donors (Lipinski definition) is 3. The summed E-state index contributed by atoms with van der Waals surface area (Å²) in [5.74, 6) is 1.33. The van der Waals surface area contributed by atoms with Crippen LogP contribution >= 0.6 is 0 Å². The van der Waals surface area contributed by atoms with Gasteiger partial charge >= 0.3 is 6.09 Å². The fourth-order valence-corrected chi connectivity index (χ4v) is 4.19. The third-order valence-corrected chi connectivity index (χ3v) is 6.05. The summed E-state index contributed by atoms with van der Waals surface area (Å²) in [4.78, 5) is 24.1. The molecule has 30 heavy (non-hydrogen) atoms. The SMILES string of the molecule is O=C(CCn1cccn1)Nc1cc(C2CC(OC(=O)NCC3CCCCC3)C2)n[nH]1. The maximum atomic E-state index is 12.1. The number of carbonyl (C=O) groups excluding carboxylic acids is 2. The van der Waals surface area contributed by atoms with Gasteiger partial charge in [0.2, 0.25) is 5.91 Å². The second-order valence-corrected chi connectivity index (χ2v) is 8.35. The molecule has 2 aliphatic carbocycles. The van der Waals surface area contributed by atoms with E-state index in [1.165, 1.54) is 32.1 Å². The lowest BCUT2D eigenvalue weighted by Crippen LogP contribution is -2.38. The molecule has 0 saturated heterocycles. The average molecular weight is 415 g/mol. The minimum absolute atomic E-state index is 0.0647. The van der Waals surface area contributed by atoms with E-state index in [4.69, 9.17) is 4.74 Å². The van der Waals surface area contributed by atoms with Crippen LogP contribution in [-0.2, 0) is 16.1 Å². The van der Waals surface area contributed by atoms with Gasteiger partial charge in [0, 0.05) is 43.9 Å². The lowest BCUT2D eigenvalue weighted by Gasteiger charge is -2.33. The number of aromatic amines is 1. The van der Waals surface area contributed by atoms with Crippen molar-refractivity contribution in [3.05, 3.63) is 30.2 Å². The van der Waals surface area contributed by atoms with Crippen LogP contribution in [0.2, 0.25) is 0 Å². The van der Waals surface area contributed by atoms with Crippen LogP contribution in [0.4, 0.5) is 10.6 Å². The van der Waals surface area contributed by atoms with Crippen LogP contribution in [0.3, 0.4) is 0 Å².